The van der Waals surface area contributed by atoms with E-state index in [1.807, 2.05) is 36.4 Å². The summed E-state index contributed by atoms with van der Waals surface area (Å²) in [7, 11) is 3.28. The first-order chi connectivity index (χ1) is 11.7. The molecule has 0 amide bonds. The average Bonchev–Trinajstić information content (AvgIpc) is 3.04. The molecule has 0 aliphatic carbocycles. The van der Waals surface area contributed by atoms with E-state index in [-0.39, 0.29) is 5.56 Å². The van der Waals surface area contributed by atoms with Crippen LogP contribution in [0.15, 0.2) is 41.2 Å². The second-order valence-corrected chi connectivity index (χ2v) is 6.45. The maximum Gasteiger partial charge on any atom is 0.262 e. The highest BCUT2D eigenvalue weighted by molar-refractivity contribution is 7.21. The summed E-state index contributed by atoms with van der Waals surface area (Å²) in [5.74, 6) is 0.743. The van der Waals surface area contributed by atoms with Gasteiger partial charge in [0, 0.05) is 25.5 Å². The van der Waals surface area contributed by atoms with E-state index in [4.69, 9.17) is 14.5 Å². The van der Waals surface area contributed by atoms with Crippen LogP contribution in [-0.2, 0) is 22.4 Å². The van der Waals surface area contributed by atoms with Crippen LogP contribution in [0.3, 0.4) is 0 Å². The van der Waals surface area contributed by atoms with Gasteiger partial charge >= 0.3 is 0 Å². The monoisotopic (exact) mass is 344 g/mol. The number of nitrogens with zero attached hydrogens (tertiary/aromatic N) is 2. The number of hydrogen-bond acceptors (Lipinski definition) is 5. The van der Waals surface area contributed by atoms with E-state index in [0.29, 0.717) is 31.6 Å². The predicted molar refractivity (Wildman–Crippen MR) is 96.8 cm³/mol. The van der Waals surface area contributed by atoms with Crippen LogP contribution >= 0.6 is 11.3 Å². The van der Waals surface area contributed by atoms with Crippen molar-refractivity contribution in [3.63, 3.8) is 0 Å². The van der Waals surface area contributed by atoms with Gasteiger partial charge in [0.05, 0.1) is 25.1 Å². The summed E-state index contributed by atoms with van der Waals surface area (Å²) < 4.78 is 12.0. The molecule has 5 nitrogen and oxygen atoms in total. The van der Waals surface area contributed by atoms with Crippen molar-refractivity contribution in [3.05, 3.63) is 52.6 Å². The molecule has 0 N–H and O–H groups in total. The van der Waals surface area contributed by atoms with Crippen molar-refractivity contribution in [1.29, 1.82) is 0 Å². The van der Waals surface area contributed by atoms with Crippen LogP contribution in [0.2, 0.25) is 0 Å². The minimum Gasteiger partial charge on any atom is -0.384 e. The summed E-state index contributed by atoms with van der Waals surface area (Å²) in [4.78, 5) is 19.4. The lowest BCUT2D eigenvalue weighted by Crippen LogP contribution is -2.27. The fourth-order valence-corrected chi connectivity index (χ4v) is 3.65. The van der Waals surface area contributed by atoms with Gasteiger partial charge in [-0.05, 0) is 11.6 Å². The van der Waals surface area contributed by atoms with Crippen molar-refractivity contribution >= 4 is 21.6 Å². The lowest BCUT2D eigenvalue weighted by molar-refractivity contribution is 0.180. The normalized spacial score (nSPS) is 11.2. The summed E-state index contributed by atoms with van der Waals surface area (Å²) >= 11 is 1.55. The molecule has 0 bridgehead atoms. The van der Waals surface area contributed by atoms with Gasteiger partial charge in [-0.2, -0.15) is 0 Å². The zero-order valence-corrected chi connectivity index (χ0v) is 14.6. The molecule has 0 atom stereocenters. The molecule has 0 fully saturated rings. The van der Waals surface area contributed by atoms with E-state index < -0.39 is 0 Å². The van der Waals surface area contributed by atoms with Crippen LogP contribution in [0.1, 0.15) is 5.82 Å². The van der Waals surface area contributed by atoms with Gasteiger partial charge < -0.3 is 9.47 Å². The molecule has 3 rings (SSSR count). The summed E-state index contributed by atoms with van der Waals surface area (Å²) in [6, 6.07) is 12.0. The Morgan fingerprint density at radius 3 is 2.58 bits per heavy atom. The predicted octanol–water partition coefficient (Wildman–Crippen LogP) is 2.96. The van der Waals surface area contributed by atoms with Gasteiger partial charge in [0.15, 0.2) is 0 Å². The number of hydrogen-bond donors (Lipinski definition) is 0. The zero-order valence-electron chi connectivity index (χ0n) is 13.8. The Balaban J connectivity index is 2.11. The fourth-order valence-electron chi connectivity index (χ4n) is 2.60. The summed E-state index contributed by atoms with van der Waals surface area (Å²) in [5.41, 5.74) is 1.09. The van der Waals surface area contributed by atoms with Gasteiger partial charge in [0.25, 0.3) is 5.56 Å². The van der Waals surface area contributed by atoms with Crippen LogP contribution in [0.25, 0.3) is 20.7 Å². The molecule has 2 heterocycles. The Morgan fingerprint density at radius 2 is 1.88 bits per heavy atom. The number of aromatic nitrogens is 2. The third-order valence-electron chi connectivity index (χ3n) is 3.84. The second kappa shape index (κ2) is 7.70. The highest BCUT2D eigenvalue weighted by Gasteiger charge is 2.14. The maximum atomic E-state index is 12.9. The quantitative estimate of drug-likeness (QED) is 0.661. The van der Waals surface area contributed by atoms with Crippen molar-refractivity contribution in [1.82, 2.24) is 9.55 Å². The van der Waals surface area contributed by atoms with Crippen molar-refractivity contribution in [2.24, 2.45) is 0 Å². The van der Waals surface area contributed by atoms with Gasteiger partial charge in [-0.3, -0.25) is 9.36 Å². The number of thiophene rings is 1. The number of ether oxygens (including phenoxy) is 2. The highest BCUT2D eigenvalue weighted by Crippen LogP contribution is 2.31. The molecule has 2 aromatic heterocycles. The van der Waals surface area contributed by atoms with Crippen LogP contribution in [0.5, 0.6) is 0 Å². The molecule has 0 aliphatic heterocycles. The van der Waals surface area contributed by atoms with Gasteiger partial charge in [0.1, 0.15) is 10.7 Å². The van der Waals surface area contributed by atoms with Crippen LogP contribution in [0.4, 0.5) is 0 Å². The molecule has 1 aromatic carbocycles. The summed E-state index contributed by atoms with van der Waals surface area (Å²) in [6.45, 7) is 1.50. The van der Waals surface area contributed by atoms with Gasteiger partial charge in [0.2, 0.25) is 0 Å². The lowest BCUT2D eigenvalue weighted by atomic mass is 10.2. The Hall–Kier alpha value is -2.02. The van der Waals surface area contributed by atoms with Crippen molar-refractivity contribution in [3.8, 4) is 10.4 Å². The Kier molecular flexibility index (Phi) is 5.40. The number of rotatable bonds is 7. The molecule has 0 aliphatic rings. The topological polar surface area (TPSA) is 53.3 Å². The summed E-state index contributed by atoms with van der Waals surface area (Å²) in [6.07, 6.45) is 0.601. The standard InChI is InChI=1S/C18H20N2O3S/c1-22-10-8-16-19-17-14(18(21)20(16)9-11-23-2)12-15(24-17)13-6-4-3-5-7-13/h3-7,12H,8-11H2,1-2H3. The van der Waals surface area contributed by atoms with Crippen LogP contribution in [0, 0.1) is 0 Å². The lowest BCUT2D eigenvalue weighted by Gasteiger charge is -2.11. The minimum atomic E-state index is -0.0124. The van der Waals surface area contributed by atoms with Crippen molar-refractivity contribution < 1.29 is 9.47 Å². The molecule has 3 aromatic rings. The van der Waals surface area contributed by atoms with Gasteiger partial charge in [-0.25, -0.2) is 4.98 Å². The zero-order chi connectivity index (χ0) is 16.9. The first kappa shape index (κ1) is 16.8. The third-order valence-corrected chi connectivity index (χ3v) is 4.92. The first-order valence-corrected chi connectivity index (χ1v) is 8.62. The fraction of sp³-hybridized carbons (Fsp3) is 0.333. The van der Waals surface area contributed by atoms with E-state index in [1.54, 1.807) is 30.1 Å². The smallest absolute Gasteiger partial charge is 0.262 e. The largest absolute Gasteiger partial charge is 0.384 e. The second-order valence-electron chi connectivity index (χ2n) is 5.42. The molecule has 126 valence electrons. The maximum absolute atomic E-state index is 12.9. The van der Waals surface area contributed by atoms with E-state index in [2.05, 4.69) is 0 Å². The summed E-state index contributed by atoms with van der Waals surface area (Å²) in [5, 5.41) is 0.663. The molecule has 0 spiro atoms. The van der Waals surface area contributed by atoms with E-state index in [1.165, 1.54) is 0 Å². The molecular weight excluding hydrogens is 324 g/mol. The van der Waals surface area contributed by atoms with Gasteiger partial charge in [-0.1, -0.05) is 30.3 Å². The molecule has 0 radical (unpaired) electrons. The minimum absolute atomic E-state index is 0.0124. The SMILES string of the molecule is COCCc1nc2sc(-c3ccccc3)cc2c(=O)n1CCOC. The molecule has 0 saturated carbocycles. The Bertz CT molecular complexity index is 871. The van der Waals surface area contributed by atoms with Crippen LogP contribution < -0.4 is 5.56 Å². The van der Waals surface area contributed by atoms with Crippen molar-refractivity contribution in [2.45, 2.75) is 13.0 Å². The number of benzene rings is 1. The van der Waals surface area contributed by atoms with E-state index >= 15 is 0 Å². The third kappa shape index (κ3) is 3.40. The Labute approximate surface area is 144 Å². The Morgan fingerprint density at radius 1 is 1.12 bits per heavy atom. The average molecular weight is 344 g/mol. The van der Waals surface area contributed by atoms with Crippen LogP contribution in [-0.4, -0.2) is 37.0 Å². The molecule has 6 heteroatoms. The van der Waals surface area contributed by atoms with E-state index in [9.17, 15) is 4.79 Å². The number of fused-ring (bicyclic) bond motifs is 1. The molecule has 0 saturated heterocycles. The molecular formula is C18H20N2O3S. The first-order valence-electron chi connectivity index (χ1n) is 7.81. The number of methoxy groups -OCH3 is 2. The highest BCUT2D eigenvalue weighted by atomic mass is 32.1. The molecule has 24 heavy (non-hydrogen) atoms. The molecule has 0 unspecified atom stereocenters. The van der Waals surface area contributed by atoms with Crippen molar-refractivity contribution in [2.75, 3.05) is 27.4 Å². The van der Waals surface area contributed by atoms with E-state index in [0.717, 1.165) is 21.1 Å². The van der Waals surface area contributed by atoms with Gasteiger partial charge in [-0.15, -0.1) is 11.3 Å².